The van der Waals surface area contributed by atoms with Crippen LogP contribution in [0.5, 0.6) is 0 Å². The van der Waals surface area contributed by atoms with E-state index in [2.05, 4.69) is 25.3 Å². The fraction of sp³-hybridized carbons (Fsp3) is 0.333. The summed E-state index contributed by atoms with van der Waals surface area (Å²) >= 11 is 0. The van der Waals surface area contributed by atoms with Crippen LogP contribution in [0.4, 0.5) is 0 Å². The number of aliphatic carboxylic acids is 1. The Morgan fingerprint density at radius 1 is 1.19 bits per heavy atom. The predicted octanol–water partition coefficient (Wildman–Crippen LogP) is -1.19. The van der Waals surface area contributed by atoms with E-state index in [1.807, 2.05) is 0 Å². The van der Waals surface area contributed by atoms with Crippen LogP contribution in [-0.4, -0.2) is 49.0 Å². The lowest BCUT2D eigenvalue weighted by Crippen LogP contribution is -2.50. The van der Waals surface area contributed by atoms with Crippen molar-refractivity contribution in [2.24, 2.45) is 5.73 Å². The molecular weight excluding hydrogens is 276 g/mol. The van der Waals surface area contributed by atoms with Crippen molar-refractivity contribution in [1.82, 2.24) is 25.3 Å². The Balaban J connectivity index is 1.92. The molecule has 6 N–H and O–H groups in total. The monoisotopic (exact) mass is 292 g/mol. The maximum Gasteiger partial charge on any atom is 0.326 e. The minimum Gasteiger partial charge on any atom is -0.480 e. The van der Waals surface area contributed by atoms with Crippen molar-refractivity contribution in [2.45, 2.75) is 24.9 Å². The number of nitrogens with two attached hydrogens (primary N) is 1. The molecular formula is C12H16N6O3. The highest BCUT2D eigenvalue weighted by Gasteiger charge is 2.24. The van der Waals surface area contributed by atoms with Crippen molar-refractivity contribution >= 4 is 11.9 Å². The molecule has 2 rings (SSSR count). The third-order valence-electron chi connectivity index (χ3n) is 2.92. The van der Waals surface area contributed by atoms with Gasteiger partial charge in [-0.3, -0.25) is 4.79 Å². The Labute approximate surface area is 120 Å². The van der Waals surface area contributed by atoms with Gasteiger partial charge in [-0.15, -0.1) is 0 Å². The van der Waals surface area contributed by atoms with Crippen molar-refractivity contribution < 1.29 is 14.7 Å². The average Bonchev–Trinajstić information content (AvgIpc) is 3.10. The van der Waals surface area contributed by atoms with Gasteiger partial charge in [-0.25, -0.2) is 14.8 Å². The zero-order valence-electron chi connectivity index (χ0n) is 11.1. The SMILES string of the molecule is NC(Cc1cnc[nH]1)C(=O)NC(Cc1cnc[nH]1)C(=O)O. The number of aromatic nitrogens is 4. The van der Waals surface area contributed by atoms with Crippen LogP contribution in [0.1, 0.15) is 11.4 Å². The number of carboxylic acid groups (broad SMARTS) is 1. The fourth-order valence-corrected chi connectivity index (χ4v) is 1.82. The number of nitrogens with one attached hydrogen (secondary N) is 3. The van der Waals surface area contributed by atoms with Crippen LogP contribution < -0.4 is 11.1 Å². The molecule has 2 aromatic rings. The molecule has 0 radical (unpaired) electrons. The molecule has 0 spiro atoms. The number of carbonyl (C=O) groups is 2. The summed E-state index contributed by atoms with van der Waals surface area (Å²) in [7, 11) is 0. The van der Waals surface area contributed by atoms with Gasteiger partial charge in [0, 0.05) is 36.6 Å². The Morgan fingerprint density at radius 3 is 2.24 bits per heavy atom. The number of rotatable bonds is 7. The Morgan fingerprint density at radius 2 is 1.76 bits per heavy atom. The van der Waals surface area contributed by atoms with Crippen LogP contribution in [-0.2, 0) is 22.4 Å². The quantitative estimate of drug-likeness (QED) is 0.433. The first-order valence-corrected chi connectivity index (χ1v) is 6.29. The highest BCUT2D eigenvalue weighted by molar-refractivity contribution is 5.87. The lowest BCUT2D eigenvalue weighted by atomic mass is 10.1. The van der Waals surface area contributed by atoms with Crippen LogP contribution in [0.25, 0.3) is 0 Å². The molecule has 0 fully saturated rings. The number of imidazole rings is 2. The van der Waals surface area contributed by atoms with Crippen LogP contribution in [0.15, 0.2) is 25.0 Å². The molecule has 2 unspecified atom stereocenters. The van der Waals surface area contributed by atoms with E-state index in [4.69, 9.17) is 10.8 Å². The van der Waals surface area contributed by atoms with Crippen molar-refractivity contribution in [3.63, 3.8) is 0 Å². The molecule has 9 heteroatoms. The van der Waals surface area contributed by atoms with Crippen LogP contribution in [0.2, 0.25) is 0 Å². The van der Waals surface area contributed by atoms with Crippen LogP contribution in [0, 0.1) is 0 Å². The first-order valence-electron chi connectivity index (χ1n) is 6.29. The molecule has 9 nitrogen and oxygen atoms in total. The van der Waals surface area contributed by atoms with Gasteiger partial charge in [0.25, 0.3) is 0 Å². The summed E-state index contributed by atoms with van der Waals surface area (Å²) < 4.78 is 0. The number of hydrogen-bond donors (Lipinski definition) is 5. The second-order valence-corrected chi connectivity index (χ2v) is 4.57. The second-order valence-electron chi connectivity index (χ2n) is 4.57. The number of hydrogen-bond acceptors (Lipinski definition) is 5. The van der Waals surface area contributed by atoms with E-state index in [9.17, 15) is 9.59 Å². The molecule has 0 bridgehead atoms. The summed E-state index contributed by atoms with van der Waals surface area (Å²) in [6, 6.07) is -1.92. The minimum atomic E-state index is -1.13. The molecule has 0 aliphatic rings. The molecule has 2 heterocycles. The zero-order valence-corrected chi connectivity index (χ0v) is 11.1. The second kappa shape index (κ2) is 6.66. The normalized spacial score (nSPS) is 13.6. The Hall–Kier alpha value is -2.68. The van der Waals surface area contributed by atoms with E-state index >= 15 is 0 Å². The molecule has 0 aliphatic heterocycles. The minimum absolute atomic E-state index is 0.109. The van der Waals surface area contributed by atoms with Gasteiger partial charge < -0.3 is 26.1 Å². The van der Waals surface area contributed by atoms with Gasteiger partial charge in [-0.1, -0.05) is 0 Å². The van der Waals surface area contributed by atoms with E-state index in [1.165, 1.54) is 18.9 Å². The van der Waals surface area contributed by atoms with Crippen LogP contribution in [0.3, 0.4) is 0 Å². The summed E-state index contributed by atoms with van der Waals surface area (Å²) in [6.45, 7) is 0. The van der Waals surface area contributed by atoms with Gasteiger partial charge in [0.05, 0.1) is 18.7 Å². The number of nitrogens with zero attached hydrogens (tertiary/aromatic N) is 2. The highest BCUT2D eigenvalue weighted by atomic mass is 16.4. The van der Waals surface area contributed by atoms with Crippen LogP contribution >= 0.6 is 0 Å². The summed E-state index contributed by atoms with van der Waals surface area (Å²) in [4.78, 5) is 36.4. The van der Waals surface area contributed by atoms with Gasteiger partial charge in [0.2, 0.25) is 5.91 Å². The third kappa shape index (κ3) is 4.14. The Kier molecular flexibility index (Phi) is 4.67. The number of H-pyrrole nitrogens is 2. The molecule has 1 amide bonds. The van der Waals surface area contributed by atoms with Crippen molar-refractivity contribution in [2.75, 3.05) is 0 Å². The summed E-state index contributed by atoms with van der Waals surface area (Å²) in [6.07, 6.45) is 6.36. The molecule has 0 aromatic carbocycles. The number of carboxylic acids is 1. The molecule has 2 atom stereocenters. The Bertz CT molecular complexity index is 580. The summed E-state index contributed by atoms with van der Waals surface area (Å²) in [5.74, 6) is -1.66. The largest absolute Gasteiger partial charge is 0.480 e. The first-order chi connectivity index (χ1) is 10.1. The summed E-state index contributed by atoms with van der Waals surface area (Å²) in [5.41, 5.74) is 7.08. The van der Waals surface area contributed by atoms with Gasteiger partial charge in [-0.2, -0.15) is 0 Å². The van der Waals surface area contributed by atoms with Gasteiger partial charge >= 0.3 is 5.97 Å². The van der Waals surface area contributed by atoms with Gasteiger partial charge in [-0.05, 0) is 0 Å². The maximum atomic E-state index is 12.0. The van der Waals surface area contributed by atoms with E-state index < -0.39 is 24.0 Å². The summed E-state index contributed by atoms with van der Waals surface area (Å²) in [5, 5.41) is 11.6. The molecule has 21 heavy (non-hydrogen) atoms. The third-order valence-corrected chi connectivity index (χ3v) is 2.92. The van der Waals surface area contributed by atoms with Crippen molar-refractivity contribution in [3.8, 4) is 0 Å². The molecule has 0 saturated heterocycles. The fourth-order valence-electron chi connectivity index (χ4n) is 1.82. The van der Waals surface area contributed by atoms with E-state index in [-0.39, 0.29) is 12.8 Å². The van der Waals surface area contributed by atoms with E-state index in [0.29, 0.717) is 11.4 Å². The standard InChI is InChI=1S/C12H16N6O3/c13-9(1-7-3-14-5-16-7)11(19)18-10(12(20)21)2-8-4-15-6-17-8/h3-6,9-10H,1-2,13H2,(H,14,16)(H,15,17)(H,18,19)(H,20,21). The van der Waals surface area contributed by atoms with Crippen molar-refractivity contribution in [1.29, 1.82) is 0 Å². The number of carbonyl (C=O) groups excluding carboxylic acids is 1. The van der Waals surface area contributed by atoms with Gasteiger partial charge in [0.1, 0.15) is 6.04 Å². The van der Waals surface area contributed by atoms with E-state index in [0.717, 1.165) is 0 Å². The number of aromatic amines is 2. The first kappa shape index (κ1) is 14.7. The molecule has 0 aliphatic carbocycles. The molecule has 0 saturated carbocycles. The topological polar surface area (TPSA) is 150 Å². The number of amides is 1. The highest BCUT2D eigenvalue weighted by Crippen LogP contribution is 2.01. The predicted molar refractivity (Wildman–Crippen MR) is 72.1 cm³/mol. The lowest BCUT2D eigenvalue weighted by Gasteiger charge is -2.17. The van der Waals surface area contributed by atoms with Crippen molar-refractivity contribution in [3.05, 3.63) is 36.4 Å². The van der Waals surface area contributed by atoms with E-state index in [1.54, 1.807) is 6.20 Å². The maximum absolute atomic E-state index is 12.0. The smallest absolute Gasteiger partial charge is 0.326 e. The lowest BCUT2D eigenvalue weighted by molar-refractivity contribution is -0.142. The molecule has 112 valence electrons. The zero-order chi connectivity index (χ0) is 15.2. The van der Waals surface area contributed by atoms with Gasteiger partial charge in [0.15, 0.2) is 0 Å². The average molecular weight is 292 g/mol. The molecule has 2 aromatic heterocycles.